The number of Topliss-reactive ketones (excluding diaryl/α,β-unsaturated/α-hetero) is 1. The molecule has 1 aliphatic heterocycles. The Kier molecular flexibility index (Phi) is 5.11. The Morgan fingerprint density at radius 3 is 1.96 bits per heavy atom. The van der Waals surface area contributed by atoms with Crippen LogP contribution in [0.5, 0.6) is 0 Å². The van der Waals surface area contributed by atoms with E-state index in [1.165, 1.54) is 12.1 Å². The number of amides is 1. The first-order valence-corrected chi connectivity index (χ1v) is 8.42. The second-order valence-electron chi connectivity index (χ2n) is 6.37. The third kappa shape index (κ3) is 3.95. The monoisotopic (exact) mass is 361 g/mol. The summed E-state index contributed by atoms with van der Waals surface area (Å²) in [6.45, 7) is 0.926. The minimum absolute atomic E-state index is 0.0639. The predicted octanol–water partition coefficient (Wildman–Crippen LogP) is 4.44. The molecule has 0 saturated carbocycles. The van der Waals surface area contributed by atoms with Gasteiger partial charge in [-0.3, -0.25) is 9.59 Å². The molecule has 1 amide bonds. The Hall–Kier alpha value is -2.63. The van der Waals surface area contributed by atoms with E-state index in [0.29, 0.717) is 31.5 Å². The molecular formula is C20H18F3NO2. The van der Waals surface area contributed by atoms with Crippen molar-refractivity contribution in [3.8, 4) is 0 Å². The fraction of sp³-hybridized carbons (Fsp3) is 0.300. The Bertz CT molecular complexity index is 777. The van der Waals surface area contributed by atoms with E-state index in [2.05, 4.69) is 0 Å². The molecule has 0 bridgehead atoms. The molecule has 0 N–H and O–H groups in total. The van der Waals surface area contributed by atoms with Gasteiger partial charge in [-0.25, -0.2) is 0 Å². The minimum Gasteiger partial charge on any atom is -0.339 e. The molecule has 136 valence electrons. The third-order valence-corrected chi connectivity index (χ3v) is 4.67. The molecule has 0 aromatic heterocycles. The van der Waals surface area contributed by atoms with E-state index in [0.717, 1.165) is 12.1 Å². The molecule has 1 fully saturated rings. The van der Waals surface area contributed by atoms with E-state index in [4.69, 9.17) is 0 Å². The van der Waals surface area contributed by atoms with Crippen LogP contribution in [-0.4, -0.2) is 29.7 Å². The van der Waals surface area contributed by atoms with Crippen LogP contribution in [0.2, 0.25) is 0 Å². The lowest BCUT2D eigenvalue weighted by Crippen LogP contribution is -2.40. The SMILES string of the molecule is O=C(c1ccc(C(F)(F)F)cc1)C1CCN(C(=O)c2ccccc2)CC1. The molecule has 3 rings (SSSR count). The highest BCUT2D eigenvalue weighted by molar-refractivity contribution is 5.98. The largest absolute Gasteiger partial charge is 0.416 e. The topological polar surface area (TPSA) is 37.4 Å². The van der Waals surface area contributed by atoms with Gasteiger partial charge in [0.25, 0.3) is 5.91 Å². The van der Waals surface area contributed by atoms with Crippen LogP contribution in [0.25, 0.3) is 0 Å². The lowest BCUT2D eigenvalue weighted by Gasteiger charge is -2.31. The fourth-order valence-electron chi connectivity index (χ4n) is 3.17. The van der Waals surface area contributed by atoms with Gasteiger partial charge in [-0.05, 0) is 37.1 Å². The molecule has 0 unspecified atom stereocenters. The number of carbonyl (C=O) groups excluding carboxylic acids is 2. The van der Waals surface area contributed by atoms with Crippen molar-refractivity contribution in [2.24, 2.45) is 5.92 Å². The van der Waals surface area contributed by atoms with Crippen LogP contribution in [0.4, 0.5) is 13.2 Å². The lowest BCUT2D eigenvalue weighted by molar-refractivity contribution is -0.137. The van der Waals surface area contributed by atoms with E-state index in [-0.39, 0.29) is 23.2 Å². The average Bonchev–Trinajstić information content (AvgIpc) is 2.67. The molecule has 2 aromatic carbocycles. The van der Waals surface area contributed by atoms with Crippen LogP contribution in [-0.2, 0) is 6.18 Å². The van der Waals surface area contributed by atoms with Crippen LogP contribution in [0, 0.1) is 5.92 Å². The standard InChI is InChI=1S/C20H18F3NO2/c21-20(22,23)17-8-6-14(7-9-17)18(25)15-10-12-24(13-11-15)19(26)16-4-2-1-3-5-16/h1-9,15H,10-13H2. The summed E-state index contributed by atoms with van der Waals surface area (Å²) in [4.78, 5) is 26.6. The van der Waals surface area contributed by atoms with Gasteiger partial charge < -0.3 is 4.90 Å². The zero-order valence-electron chi connectivity index (χ0n) is 14.0. The van der Waals surface area contributed by atoms with Gasteiger partial charge in [0, 0.05) is 30.1 Å². The number of alkyl halides is 3. The number of rotatable bonds is 3. The van der Waals surface area contributed by atoms with Crippen LogP contribution in [0.3, 0.4) is 0 Å². The van der Waals surface area contributed by atoms with Crippen molar-refractivity contribution in [2.75, 3.05) is 13.1 Å². The molecule has 1 heterocycles. The predicted molar refractivity (Wildman–Crippen MR) is 90.8 cm³/mol. The lowest BCUT2D eigenvalue weighted by atomic mass is 9.88. The van der Waals surface area contributed by atoms with Crippen molar-refractivity contribution in [3.63, 3.8) is 0 Å². The quantitative estimate of drug-likeness (QED) is 0.758. The fourth-order valence-corrected chi connectivity index (χ4v) is 3.17. The number of hydrogen-bond acceptors (Lipinski definition) is 2. The molecule has 1 aliphatic rings. The van der Waals surface area contributed by atoms with Gasteiger partial charge in [0.1, 0.15) is 0 Å². The molecule has 6 heteroatoms. The van der Waals surface area contributed by atoms with Gasteiger partial charge in [-0.15, -0.1) is 0 Å². The van der Waals surface area contributed by atoms with Gasteiger partial charge in [0.15, 0.2) is 5.78 Å². The smallest absolute Gasteiger partial charge is 0.339 e. The molecule has 2 aromatic rings. The highest BCUT2D eigenvalue weighted by Crippen LogP contribution is 2.30. The second kappa shape index (κ2) is 7.32. The van der Waals surface area contributed by atoms with Crippen molar-refractivity contribution in [1.82, 2.24) is 4.90 Å². The summed E-state index contributed by atoms with van der Waals surface area (Å²) in [6.07, 6.45) is -3.39. The van der Waals surface area contributed by atoms with Gasteiger partial charge in [0.2, 0.25) is 0 Å². The van der Waals surface area contributed by atoms with E-state index in [1.807, 2.05) is 6.07 Å². The number of halogens is 3. The maximum Gasteiger partial charge on any atom is 0.416 e. The Morgan fingerprint density at radius 2 is 1.42 bits per heavy atom. The van der Waals surface area contributed by atoms with Crippen molar-refractivity contribution in [3.05, 3.63) is 71.3 Å². The summed E-state index contributed by atoms with van der Waals surface area (Å²) in [5.74, 6) is -0.497. The first-order chi connectivity index (χ1) is 12.4. The van der Waals surface area contributed by atoms with Crippen LogP contribution < -0.4 is 0 Å². The highest BCUT2D eigenvalue weighted by atomic mass is 19.4. The molecule has 0 aliphatic carbocycles. The normalized spacial score (nSPS) is 15.7. The van der Waals surface area contributed by atoms with E-state index in [9.17, 15) is 22.8 Å². The minimum atomic E-state index is -4.41. The Morgan fingerprint density at radius 1 is 0.846 bits per heavy atom. The number of likely N-dealkylation sites (tertiary alicyclic amines) is 1. The summed E-state index contributed by atoms with van der Waals surface area (Å²) < 4.78 is 37.8. The summed E-state index contributed by atoms with van der Waals surface area (Å²) >= 11 is 0. The summed E-state index contributed by atoms with van der Waals surface area (Å²) in [5.41, 5.74) is 0.128. The molecule has 1 saturated heterocycles. The number of piperidine rings is 1. The number of nitrogens with zero attached hydrogens (tertiary/aromatic N) is 1. The van der Waals surface area contributed by atoms with Gasteiger partial charge in [-0.1, -0.05) is 30.3 Å². The van der Waals surface area contributed by atoms with Crippen LogP contribution in [0.1, 0.15) is 39.1 Å². The second-order valence-corrected chi connectivity index (χ2v) is 6.37. The first kappa shape index (κ1) is 18.2. The van der Waals surface area contributed by atoms with E-state index >= 15 is 0 Å². The molecule has 3 nitrogen and oxygen atoms in total. The van der Waals surface area contributed by atoms with Crippen molar-refractivity contribution < 1.29 is 22.8 Å². The molecule has 0 spiro atoms. The number of carbonyl (C=O) groups is 2. The molecule has 26 heavy (non-hydrogen) atoms. The van der Waals surface area contributed by atoms with Crippen LogP contribution >= 0.6 is 0 Å². The maximum absolute atomic E-state index is 12.6. The summed E-state index contributed by atoms with van der Waals surface area (Å²) in [6, 6.07) is 13.3. The molecule has 0 radical (unpaired) electrons. The zero-order chi connectivity index (χ0) is 18.7. The molecule has 0 atom stereocenters. The third-order valence-electron chi connectivity index (χ3n) is 4.67. The first-order valence-electron chi connectivity index (χ1n) is 8.42. The van der Waals surface area contributed by atoms with Gasteiger partial charge in [-0.2, -0.15) is 13.2 Å². The Labute approximate surface area is 149 Å². The van der Waals surface area contributed by atoms with Crippen molar-refractivity contribution in [2.45, 2.75) is 19.0 Å². The summed E-state index contributed by atoms with van der Waals surface area (Å²) in [7, 11) is 0. The molecular weight excluding hydrogens is 343 g/mol. The zero-order valence-corrected chi connectivity index (χ0v) is 14.0. The van der Waals surface area contributed by atoms with E-state index < -0.39 is 11.7 Å². The number of ketones is 1. The van der Waals surface area contributed by atoms with Crippen LogP contribution in [0.15, 0.2) is 54.6 Å². The van der Waals surface area contributed by atoms with E-state index in [1.54, 1.807) is 29.2 Å². The number of benzene rings is 2. The van der Waals surface area contributed by atoms with Gasteiger partial charge >= 0.3 is 6.18 Å². The number of hydrogen-bond donors (Lipinski definition) is 0. The highest BCUT2D eigenvalue weighted by Gasteiger charge is 2.31. The van der Waals surface area contributed by atoms with Crippen molar-refractivity contribution in [1.29, 1.82) is 0 Å². The maximum atomic E-state index is 12.6. The average molecular weight is 361 g/mol. The van der Waals surface area contributed by atoms with Gasteiger partial charge in [0.05, 0.1) is 5.56 Å². The summed E-state index contributed by atoms with van der Waals surface area (Å²) in [5, 5.41) is 0. The van der Waals surface area contributed by atoms with Crippen molar-refractivity contribution >= 4 is 11.7 Å². The Balaban J connectivity index is 1.61.